The quantitative estimate of drug-likeness (QED) is 0.125. The predicted octanol–water partition coefficient (Wildman–Crippen LogP) is 10.6. The zero-order valence-corrected chi connectivity index (χ0v) is 31.6. The third kappa shape index (κ3) is 6.49. The summed E-state index contributed by atoms with van der Waals surface area (Å²) in [7, 11) is 1.70. The zero-order chi connectivity index (χ0) is 34.7. The summed E-state index contributed by atoms with van der Waals surface area (Å²) in [6.45, 7) is 17.6. The van der Waals surface area contributed by atoms with Gasteiger partial charge in [0.1, 0.15) is 5.82 Å². The Morgan fingerprint density at radius 1 is 0.720 bits per heavy atom. The fourth-order valence-electron chi connectivity index (χ4n) is 6.38. The maximum absolute atomic E-state index is 6.43. The summed E-state index contributed by atoms with van der Waals surface area (Å²) in [4.78, 5) is 4.70. The van der Waals surface area contributed by atoms with Crippen molar-refractivity contribution in [2.24, 2.45) is 0 Å². The van der Waals surface area contributed by atoms with Crippen molar-refractivity contribution in [2.45, 2.75) is 66.2 Å². The Morgan fingerprint density at radius 3 is 2.10 bits per heavy atom. The number of hydrogen-bond donors (Lipinski definition) is 0. The largest absolute Gasteiger partial charge is 2.00 e. The minimum atomic E-state index is -0.0163. The molecular formula is C43H42N4O2Pd. The molecule has 3 heterocycles. The molecule has 50 heavy (non-hydrogen) atoms. The summed E-state index contributed by atoms with van der Waals surface area (Å²) in [5, 5.41) is 7.18. The number of para-hydroxylation sites is 1. The monoisotopic (exact) mass is 752 g/mol. The molecule has 0 fully saturated rings. The Balaban J connectivity index is 0.00000432. The number of nitrogens with zero attached hydrogens (tertiary/aromatic N) is 4. The van der Waals surface area contributed by atoms with E-state index in [1.807, 2.05) is 54.2 Å². The number of aromatic nitrogens is 4. The molecule has 6 nitrogen and oxygen atoms in total. The van der Waals surface area contributed by atoms with E-state index in [2.05, 4.69) is 114 Å². The summed E-state index contributed by atoms with van der Waals surface area (Å²) in [6, 6.07) is 36.1. The average molecular weight is 753 g/mol. The molecule has 7 rings (SSSR count). The Morgan fingerprint density at radius 2 is 1.42 bits per heavy atom. The summed E-state index contributed by atoms with van der Waals surface area (Å²) in [5.74, 6) is 2.62. The molecule has 7 heteroatoms. The molecule has 0 bridgehead atoms. The van der Waals surface area contributed by atoms with Gasteiger partial charge in [-0.1, -0.05) is 83.5 Å². The molecule has 0 radical (unpaired) electrons. The molecule has 0 aliphatic rings. The first-order valence-corrected chi connectivity index (χ1v) is 16.7. The molecule has 7 aromatic rings. The molecule has 0 aliphatic carbocycles. The van der Waals surface area contributed by atoms with Crippen molar-refractivity contribution in [3.8, 4) is 40.0 Å². The second-order valence-electron chi connectivity index (χ2n) is 14.8. The molecule has 3 aromatic heterocycles. The van der Waals surface area contributed by atoms with Crippen LogP contribution in [0.2, 0.25) is 0 Å². The van der Waals surface area contributed by atoms with Crippen molar-refractivity contribution >= 4 is 21.8 Å². The number of fused-ring (bicyclic) bond motifs is 3. The van der Waals surface area contributed by atoms with Gasteiger partial charge in [0, 0.05) is 23.2 Å². The van der Waals surface area contributed by atoms with Gasteiger partial charge in [-0.15, -0.1) is 35.7 Å². The van der Waals surface area contributed by atoms with Crippen LogP contribution < -0.4 is 9.47 Å². The minimum absolute atomic E-state index is 0. The van der Waals surface area contributed by atoms with E-state index in [1.54, 1.807) is 7.11 Å². The second-order valence-corrected chi connectivity index (χ2v) is 14.8. The molecule has 0 saturated heterocycles. The molecule has 0 unspecified atom stereocenters. The number of ether oxygens (including phenoxy) is 2. The van der Waals surface area contributed by atoms with Crippen molar-refractivity contribution in [1.29, 1.82) is 0 Å². The van der Waals surface area contributed by atoms with Crippen molar-refractivity contribution in [3.05, 3.63) is 126 Å². The minimum Gasteiger partial charge on any atom is -0.509 e. The van der Waals surface area contributed by atoms with Crippen LogP contribution in [0.15, 0.2) is 91.1 Å². The van der Waals surface area contributed by atoms with Gasteiger partial charge in [0.15, 0.2) is 0 Å². The van der Waals surface area contributed by atoms with Crippen LogP contribution in [0.25, 0.3) is 44.4 Å². The maximum atomic E-state index is 6.43. The summed E-state index contributed by atoms with van der Waals surface area (Å²) >= 11 is 0. The number of hydrogen-bond acceptors (Lipinski definition) is 4. The van der Waals surface area contributed by atoms with Crippen molar-refractivity contribution in [2.75, 3.05) is 7.11 Å². The van der Waals surface area contributed by atoms with Gasteiger partial charge in [-0.3, -0.25) is 0 Å². The van der Waals surface area contributed by atoms with Gasteiger partial charge in [0.25, 0.3) is 0 Å². The van der Waals surface area contributed by atoms with Gasteiger partial charge in [-0.05, 0) is 76.2 Å². The first kappa shape index (κ1) is 35.1. The van der Waals surface area contributed by atoms with Crippen LogP contribution in [0.4, 0.5) is 0 Å². The van der Waals surface area contributed by atoms with Gasteiger partial charge >= 0.3 is 20.4 Å². The van der Waals surface area contributed by atoms with E-state index in [4.69, 9.17) is 19.6 Å². The maximum Gasteiger partial charge on any atom is 2.00 e. The van der Waals surface area contributed by atoms with E-state index < -0.39 is 0 Å². The predicted molar refractivity (Wildman–Crippen MR) is 199 cm³/mol. The van der Waals surface area contributed by atoms with Gasteiger partial charge in [-0.25, -0.2) is 9.67 Å². The van der Waals surface area contributed by atoms with Crippen LogP contribution in [0.5, 0.6) is 17.4 Å². The molecular weight excluding hydrogens is 711 g/mol. The molecule has 0 saturated carbocycles. The normalized spacial score (nSPS) is 11.9. The first-order valence-electron chi connectivity index (χ1n) is 16.7. The Labute approximate surface area is 308 Å². The van der Waals surface area contributed by atoms with Crippen molar-refractivity contribution in [3.63, 3.8) is 0 Å². The van der Waals surface area contributed by atoms with Gasteiger partial charge in [0.05, 0.1) is 18.4 Å². The topological polar surface area (TPSA) is 54.1 Å². The number of benzene rings is 4. The summed E-state index contributed by atoms with van der Waals surface area (Å²) in [5.41, 5.74) is 9.26. The molecule has 0 atom stereocenters. The van der Waals surface area contributed by atoms with Crippen LogP contribution in [-0.2, 0) is 31.3 Å². The fourth-order valence-corrected chi connectivity index (χ4v) is 6.38. The summed E-state index contributed by atoms with van der Waals surface area (Å²) in [6.07, 6.45) is 1.84. The van der Waals surface area contributed by atoms with Crippen molar-refractivity contribution in [1.82, 2.24) is 19.3 Å². The Kier molecular flexibility index (Phi) is 9.28. The van der Waals surface area contributed by atoms with E-state index in [9.17, 15) is 0 Å². The average Bonchev–Trinajstić information content (AvgIpc) is 3.57. The van der Waals surface area contributed by atoms with E-state index >= 15 is 0 Å². The molecule has 0 spiro atoms. The van der Waals surface area contributed by atoms with Crippen molar-refractivity contribution < 1.29 is 29.9 Å². The molecule has 0 aliphatic heterocycles. The van der Waals surface area contributed by atoms with Crippen LogP contribution in [0.3, 0.4) is 0 Å². The number of rotatable bonds is 6. The Hall–Kier alpha value is -4.70. The fraction of sp³-hybridized carbons (Fsp3) is 0.256. The smallest absolute Gasteiger partial charge is 0.509 e. The Bertz CT molecular complexity index is 2320. The third-order valence-electron chi connectivity index (χ3n) is 9.05. The number of pyridine rings is 1. The van der Waals surface area contributed by atoms with Crippen LogP contribution in [0, 0.1) is 26.0 Å². The summed E-state index contributed by atoms with van der Waals surface area (Å²) < 4.78 is 16.5. The third-order valence-corrected chi connectivity index (χ3v) is 9.05. The number of aryl methyl sites for hydroxylation is 2. The molecule has 4 aromatic carbocycles. The van der Waals surface area contributed by atoms with Gasteiger partial charge in [-0.2, -0.15) is 17.2 Å². The number of methoxy groups -OCH3 is 1. The molecule has 0 N–H and O–H groups in total. The molecule has 256 valence electrons. The van der Waals surface area contributed by atoms with E-state index in [0.29, 0.717) is 23.1 Å². The van der Waals surface area contributed by atoms with Gasteiger partial charge < -0.3 is 14.0 Å². The molecule has 0 amide bonds. The van der Waals surface area contributed by atoms with Crippen LogP contribution >= 0.6 is 0 Å². The van der Waals surface area contributed by atoms with Gasteiger partial charge in [0.2, 0.25) is 5.88 Å². The van der Waals surface area contributed by atoms with Crippen LogP contribution in [0.1, 0.15) is 63.9 Å². The first-order chi connectivity index (χ1) is 23.3. The zero-order valence-electron chi connectivity index (χ0n) is 30.1. The van der Waals surface area contributed by atoms with E-state index in [0.717, 1.165) is 50.0 Å². The van der Waals surface area contributed by atoms with E-state index in [1.165, 1.54) is 11.1 Å². The second kappa shape index (κ2) is 13.2. The SMILES string of the molecule is COc1c(-c2cc(C(C)(C)C)cc(C(C)(C)C)c2)c(C)nn1-c1[c-]c(Oc2[c-]c3c(cc2)c2ccccc2n3-c2cc(C)ccn2)ccc1.[Pd+2]. The standard InChI is InChI=1S/C43H42N4O2.Pd/c1-27-19-20-44-39(21-27)46-37-16-11-10-15-35(37)36-18-17-34(26-38(36)46)49-33-14-12-13-32(25-33)47-41(48-9)40(28(2)45-47)29-22-30(42(3,4)5)24-31(23-29)43(6,7)8;/h10-24H,1-9H3;/q-2;+2. The van der Waals surface area contributed by atoms with Crippen LogP contribution in [-0.4, -0.2) is 26.4 Å². The van der Waals surface area contributed by atoms with E-state index in [-0.39, 0.29) is 31.3 Å².